The highest BCUT2D eigenvalue weighted by molar-refractivity contribution is 6.34. The van der Waals surface area contributed by atoms with Crippen molar-refractivity contribution in [2.45, 2.75) is 45.8 Å². The van der Waals surface area contributed by atoms with Gasteiger partial charge in [-0.2, -0.15) is 0 Å². The van der Waals surface area contributed by atoms with E-state index in [2.05, 4.69) is 5.32 Å². The highest BCUT2D eigenvalue weighted by atomic mass is 35.5. The Labute approximate surface area is 141 Å². The molecule has 0 aliphatic heterocycles. The van der Waals surface area contributed by atoms with E-state index in [1.54, 1.807) is 18.2 Å². The average Bonchev–Trinajstić information content (AvgIpc) is 2.34. The lowest BCUT2D eigenvalue weighted by Gasteiger charge is -2.25. The minimum Gasteiger partial charge on any atom is -0.394 e. The van der Waals surface area contributed by atoms with E-state index in [1.165, 1.54) is 0 Å². The second-order valence-electron chi connectivity index (χ2n) is 6.63. The fraction of sp³-hybridized carbons (Fsp3) is 0.562. The second-order valence-corrected chi connectivity index (χ2v) is 7.51. The molecule has 1 rings (SSSR count). The quantitative estimate of drug-likeness (QED) is 0.739. The van der Waals surface area contributed by atoms with E-state index < -0.39 is 6.10 Å². The maximum Gasteiger partial charge on any atom is 0.223 e. The fourth-order valence-electron chi connectivity index (χ4n) is 2.25. The molecule has 0 aliphatic rings. The molecule has 4 nitrogen and oxygen atoms in total. The third-order valence-corrected chi connectivity index (χ3v) is 3.53. The Bertz CT molecular complexity index is 494. The van der Waals surface area contributed by atoms with Crippen LogP contribution in [0.2, 0.25) is 10.0 Å². The number of hydrogen-bond acceptors (Lipinski definition) is 3. The van der Waals surface area contributed by atoms with E-state index in [0.29, 0.717) is 22.0 Å². The summed E-state index contributed by atoms with van der Waals surface area (Å²) >= 11 is 11.8. The van der Waals surface area contributed by atoms with Gasteiger partial charge in [-0.25, -0.2) is 0 Å². The number of nitrogens with one attached hydrogen (secondary N) is 1. The number of carbonyl (C=O) groups is 1. The van der Waals surface area contributed by atoms with Gasteiger partial charge < -0.3 is 15.5 Å². The summed E-state index contributed by atoms with van der Waals surface area (Å²) in [6.45, 7) is 5.96. The lowest BCUT2D eigenvalue weighted by molar-refractivity contribution is -0.124. The van der Waals surface area contributed by atoms with Crippen molar-refractivity contribution in [3.05, 3.63) is 33.8 Å². The molecule has 0 spiro atoms. The number of aliphatic hydroxyl groups is 2. The molecule has 0 aromatic heterocycles. The molecule has 2 unspecified atom stereocenters. The van der Waals surface area contributed by atoms with Crippen LogP contribution in [0, 0.1) is 5.41 Å². The summed E-state index contributed by atoms with van der Waals surface area (Å²) < 4.78 is 0. The molecule has 1 aromatic carbocycles. The average molecular weight is 348 g/mol. The zero-order valence-electron chi connectivity index (χ0n) is 13.1. The van der Waals surface area contributed by atoms with E-state index in [-0.39, 0.29) is 30.4 Å². The Morgan fingerprint density at radius 3 is 2.23 bits per heavy atom. The topological polar surface area (TPSA) is 69.6 Å². The molecule has 1 aromatic rings. The molecule has 22 heavy (non-hydrogen) atoms. The number of aliphatic hydroxyl groups excluding tert-OH is 2. The lowest BCUT2D eigenvalue weighted by atomic mass is 9.88. The summed E-state index contributed by atoms with van der Waals surface area (Å²) in [5, 5.41) is 23.0. The van der Waals surface area contributed by atoms with Crippen molar-refractivity contribution in [3.8, 4) is 0 Å². The summed E-state index contributed by atoms with van der Waals surface area (Å²) in [5.41, 5.74) is 0.476. The number of halogens is 2. The Morgan fingerprint density at radius 2 is 1.77 bits per heavy atom. The highest BCUT2D eigenvalue weighted by Gasteiger charge is 2.21. The zero-order chi connectivity index (χ0) is 16.9. The van der Waals surface area contributed by atoms with Crippen molar-refractivity contribution in [2.75, 3.05) is 6.61 Å². The van der Waals surface area contributed by atoms with Crippen molar-refractivity contribution in [1.29, 1.82) is 0 Å². The normalized spacial score (nSPS) is 14.5. The van der Waals surface area contributed by atoms with Gasteiger partial charge in [0.05, 0.1) is 25.2 Å². The summed E-state index contributed by atoms with van der Waals surface area (Å²) in [6.07, 6.45) is -0.462. The molecular weight excluding hydrogens is 325 g/mol. The number of carbonyl (C=O) groups excluding carboxylic acids is 1. The molecule has 0 saturated carbocycles. The fourth-order valence-corrected chi connectivity index (χ4v) is 2.79. The van der Waals surface area contributed by atoms with Gasteiger partial charge in [-0.05, 0) is 35.6 Å². The van der Waals surface area contributed by atoms with Gasteiger partial charge in [-0.1, -0.05) is 44.0 Å². The first kappa shape index (κ1) is 19.2. The largest absolute Gasteiger partial charge is 0.394 e. The van der Waals surface area contributed by atoms with E-state index in [9.17, 15) is 15.0 Å². The molecule has 0 saturated heterocycles. The van der Waals surface area contributed by atoms with Crippen LogP contribution in [-0.4, -0.2) is 28.8 Å². The Morgan fingerprint density at radius 1 is 1.23 bits per heavy atom. The molecule has 0 radical (unpaired) electrons. The highest BCUT2D eigenvalue weighted by Crippen LogP contribution is 2.25. The van der Waals surface area contributed by atoms with Crippen LogP contribution in [0.1, 0.15) is 45.3 Å². The van der Waals surface area contributed by atoms with Gasteiger partial charge >= 0.3 is 0 Å². The standard InChI is InChI=1S/C16H23Cl2NO3/c1-16(2,3)8-13(9-20)19-15(22)7-14(21)10-4-11(17)6-12(18)5-10/h4-6,13-14,20-21H,7-9H2,1-3H3,(H,19,22). The number of hydrogen-bond donors (Lipinski definition) is 3. The molecular formula is C16H23Cl2NO3. The van der Waals surface area contributed by atoms with E-state index >= 15 is 0 Å². The second kappa shape index (κ2) is 8.16. The molecule has 3 N–H and O–H groups in total. The monoisotopic (exact) mass is 347 g/mol. The van der Waals surface area contributed by atoms with Crippen LogP contribution in [0.4, 0.5) is 0 Å². The molecule has 0 heterocycles. The van der Waals surface area contributed by atoms with E-state index in [4.69, 9.17) is 23.2 Å². The summed E-state index contributed by atoms with van der Waals surface area (Å²) in [6, 6.07) is 4.38. The zero-order valence-corrected chi connectivity index (χ0v) is 14.6. The van der Waals surface area contributed by atoms with Crippen LogP contribution in [0.15, 0.2) is 18.2 Å². The van der Waals surface area contributed by atoms with Crippen LogP contribution in [0.5, 0.6) is 0 Å². The Hall–Kier alpha value is -0.810. The van der Waals surface area contributed by atoms with Crippen LogP contribution in [0.3, 0.4) is 0 Å². The molecule has 1 amide bonds. The first-order valence-electron chi connectivity index (χ1n) is 7.15. The maximum atomic E-state index is 12.0. The number of amides is 1. The minimum atomic E-state index is -0.995. The first-order chi connectivity index (χ1) is 10.1. The predicted molar refractivity (Wildman–Crippen MR) is 89.1 cm³/mol. The summed E-state index contributed by atoms with van der Waals surface area (Å²) in [7, 11) is 0. The Balaban J connectivity index is 2.63. The van der Waals surface area contributed by atoms with Crippen molar-refractivity contribution in [3.63, 3.8) is 0 Å². The van der Waals surface area contributed by atoms with Gasteiger partial charge in [-0.3, -0.25) is 4.79 Å². The molecule has 0 bridgehead atoms. The van der Waals surface area contributed by atoms with Crippen LogP contribution >= 0.6 is 23.2 Å². The van der Waals surface area contributed by atoms with Gasteiger partial charge in [0.15, 0.2) is 0 Å². The van der Waals surface area contributed by atoms with Crippen molar-refractivity contribution in [2.24, 2.45) is 5.41 Å². The van der Waals surface area contributed by atoms with Crippen LogP contribution < -0.4 is 5.32 Å². The molecule has 0 aliphatic carbocycles. The molecule has 124 valence electrons. The van der Waals surface area contributed by atoms with E-state index in [0.717, 1.165) is 0 Å². The molecule has 2 atom stereocenters. The number of rotatable bonds is 6. The van der Waals surface area contributed by atoms with Crippen molar-refractivity contribution in [1.82, 2.24) is 5.32 Å². The summed E-state index contributed by atoms with van der Waals surface area (Å²) in [5.74, 6) is -0.327. The SMILES string of the molecule is CC(C)(C)CC(CO)NC(=O)CC(O)c1cc(Cl)cc(Cl)c1. The number of benzene rings is 1. The maximum absolute atomic E-state index is 12.0. The smallest absolute Gasteiger partial charge is 0.223 e. The van der Waals surface area contributed by atoms with Gasteiger partial charge in [0.1, 0.15) is 0 Å². The third-order valence-electron chi connectivity index (χ3n) is 3.09. The van der Waals surface area contributed by atoms with Gasteiger partial charge in [0.2, 0.25) is 5.91 Å². The van der Waals surface area contributed by atoms with Crippen LogP contribution in [0.25, 0.3) is 0 Å². The summed E-state index contributed by atoms with van der Waals surface area (Å²) in [4.78, 5) is 12.0. The molecule has 6 heteroatoms. The third kappa shape index (κ3) is 6.97. The van der Waals surface area contributed by atoms with Crippen LogP contribution in [-0.2, 0) is 4.79 Å². The Kier molecular flexibility index (Phi) is 7.13. The van der Waals surface area contributed by atoms with Gasteiger partial charge in [0.25, 0.3) is 0 Å². The van der Waals surface area contributed by atoms with Crippen molar-refractivity contribution < 1.29 is 15.0 Å². The lowest BCUT2D eigenvalue weighted by Crippen LogP contribution is -2.40. The first-order valence-corrected chi connectivity index (χ1v) is 7.90. The van der Waals surface area contributed by atoms with Gasteiger partial charge in [-0.15, -0.1) is 0 Å². The predicted octanol–water partition coefficient (Wildman–Crippen LogP) is 3.33. The minimum absolute atomic E-state index is 0.0141. The van der Waals surface area contributed by atoms with E-state index in [1.807, 2.05) is 20.8 Å². The van der Waals surface area contributed by atoms with Crippen molar-refractivity contribution >= 4 is 29.1 Å². The van der Waals surface area contributed by atoms with Gasteiger partial charge in [0, 0.05) is 10.0 Å². The molecule has 0 fully saturated rings.